The summed E-state index contributed by atoms with van der Waals surface area (Å²) in [6.45, 7) is 6.89. The number of amides is 1. The van der Waals surface area contributed by atoms with Crippen LogP contribution >= 0.6 is 0 Å². The molecular formula is C19H23NO6. The maximum absolute atomic E-state index is 12.2. The van der Waals surface area contributed by atoms with Crippen LogP contribution in [0.3, 0.4) is 0 Å². The predicted molar refractivity (Wildman–Crippen MR) is 96.4 cm³/mol. The molecule has 0 spiro atoms. The minimum absolute atomic E-state index is 0.258. The first-order valence-corrected chi connectivity index (χ1v) is 8.49. The van der Waals surface area contributed by atoms with Gasteiger partial charge in [0.15, 0.2) is 6.10 Å². The van der Waals surface area contributed by atoms with Crippen LogP contribution in [0.2, 0.25) is 0 Å². The molecule has 2 atom stereocenters. The van der Waals surface area contributed by atoms with Gasteiger partial charge in [0.05, 0.1) is 0 Å². The summed E-state index contributed by atoms with van der Waals surface area (Å²) in [5, 5.41) is 12.4. The lowest BCUT2D eigenvalue weighted by molar-refractivity contribution is -0.144. The lowest BCUT2D eigenvalue weighted by Gasteiger charge is -2.21. The lowest BCUT2D eigenvalue weighted by Crippen LogP contribution is -2.48. The maximum Gasteiger partial charge on any atom is 0.336 e. The van der Waals surface area contributed by atoms with E-state index in [9.17, 15) is 14.4 Å². The van der Waals surface area contributed by atoms with Crippen molar-refractivity contribution in [1.29, 1.82) is 0 Å². The Kier molecular flexibility index (Phi) is 6.02. The van der Waals surface area contributed by atoms with E-state index in [1.54, 1.807) is 32.0 Å². The van der Waals surface area contributed by atoms with Crippen LogP contribution in [-0.4, -0.2) is 29.1 Å². The molecule has 0 aliphatic carbocycles. The molecule has 7 nitrogen and oxygen atoms in total. The van der Waals surface area contributed by atoms with E-state index in [0.717, 1.165) is 10.9 Å². The molecule has 26 heavy (non-hydrogen) atoms. The number of hydrogen-bond acceptors (Lipinski definition) is 5. The molecule has 1 heterocycles. The third-order valence-electron chi connectivity index (χ3n) is 4.10. The van der Waals surface area contributed by atoms with E-state index in [0.29, 0.717) is 17.8 Å². The Morgan fingerprint density at radius 1 is 1.23 bits per heavy atom. The van der Waals surface area contributed by atoms with Crippen LogP contribution in [0.15, 0.2) is 33.5 Å². The molecule has 1 amide bonds. The van der Waals surface area contributed by atoms with Crippen molar-refractivity contribution in [2.24, 2.45) is 5.92 Å². The van der Waals surface area contributed by atoms with Gasteiger partial charge in [0.1, 0.15) is 17.4 Å². The highest BCUT2D eigenvalue weighted by Gasteiger charge is 2.26. The van der Waals surface area contributed by atoms with Crippen molar-refractivity contribution in [3.8, 4) is 5.75 Å². The largest absolute Gasteiger partial charge is 0.481 e. The van der Waals surface area contributed by atoms with Gasteiger partial charge in [-0.3, -0.25) is 4.79 Å². The first kappa shape index (κ1) is 19.5. The Labute approximate surface area is 151 Å². The van der Waals surface area contributed by atoms with Crippen molar-refractivity contribution in [2.75, 3.05) is 0 Å². The molecule has 0 unspecified atom stereocenters. The molecule has 2 aromatic rings. The fourth-order valence-corrected chi connectivity index (χ4v) is 2.62. The first-order chi connectivity index (χ1) is 12.2. The number of aryl methyl sites for hydroxylation is 1. The summed E-state index contributed by atoms with van der Waals surface area (Å²) >= 11 is 0. The summed E-state index contributed by atoms with van der Waals surface area (Å²) in [6.07, 6.45) is -0.221. The van der Waals surface area contributed by atoms with Crippen LogP contribution in [0, 0.1) is 5.92 Å². The molecule has 0 aliphatic heterocycles. The van der Waals surface area contributed by atoms with Crippen LogP contribution in [0.1, 0.15) is 33.3 Å². The van der Waals surface area contributed by atoms with E-state index < -0.39 is 29.6 Å². The van der Waals surface area contributed by atoms with E-state index in [-0.39, 0.29) is 5.92 Å². The molecule has 7 heteroatoms. The Bertz CT molecular complexity index is 870. The summed E-state index contributed by atoms with van der Waals surface area (Å²) in [5.74, 6) is -1.53. The predicted octanol–water partition coefficient (Wildman–Crippen LogP) is 2.35. The van der Waals surface area contributed by atoms with Gasteiger partial charge in [0.25, 0.3) is 5.91 Å². The van der Waals surface area contributed by atoms with Gasteiger partial charge in [-0.05, 0) is 37.0 Å². The van der Waals surface area contributed by atoms with Gasteiger partial charge in [-0.15, -0.1) is 0 Å². The molecule has 1 aromatic heterocycles. The number of carboxylic acid groups (broad SMARTS) is 1. The number of carbonyl (C=O) groups excluding carboxylic acids is 1. The summed E-state index contributed by atoms with van der Waals surface area (Å²) in [5.41, 5.74) is 0.804. The van der Waals surface area contributed by atoms with E-state index in [2.05, 4.69) is 5.32 Å². The summed E-state index contributed by atoms with van der Waals surface area (Å²) in [6, 6.07) is 5.47. The second kappa shape index (κ2) is 8.03. The monoisotopic (exact) mass is 361 g/mol. The van der Waals surface area contributed by atoms with Gasteiger partial charge >= 0.3 is 11.6 Å². The van der Waals surface area contributed by atoms with Crippen LogP contribution in [0.25, 0.3) is 11.0 Å². The fraction of sp³-hybridized carbons (Fsp3) is 0.421. The second-order valence-electron chi connectivity index (χ2n) is 6.43. The Morgan fingerprint density at radius 3 is 2.50 bits per heavy atom. The molecule has 0 fully saturated rings. The third kappa shape index (κ3) is 4.41. The number of rotatable bonds is 7. The minimum atomic E-state index is -1.10. The molecular weight excluding hydrogens is 338 g/mol. The number of ether oxygens (including phenoxy) is 1. The molecule has 140 valence electrons. The van der Waals surface area contributed by atoms with E-state index in [1.165, 1.54) is 13.0 Å². The molecule has 2 rings (SSSR count). The molecule has 1 aromatic carbocycles. The van der Waals surface area contributed by atoms with Gasteiger partial charge in [0.2, 0.25) is 0 Å². The number of benzene rings is 1. The molecule has 0 radical (unpaired) electrons. The van der Waals surface area contributed by atoms with Crippen molar-refractivity contribution >= 4 is 22.8 Å². The normalized spacial score (nSPS) is 13.4. The smallest absolute Gasteiger partial charge is 0.336 e. The van der Waals surface area contributed by atoms with Gasteiger partial charge in [-0.1, -0.05) is 20.8 Å². The van der Waals surface area contributed by atoms with Gasteiger partial charge in [-0.2, -0.15) is 0 Å². The summed E-state index contributed by atoms with van der Waals surface area (Å²) in [4.78, 5) is 35.0. The third-order valence-corrected chi connectivity index (χ3v) is 4.10. The van der Waals surface area contributed by atoms with E-state index in [4.69, 9.17) is 14.3 Å². The maximum atomic E-state index is 12.2. The van der Waals surface area contributed by atoms with Crippen LogP contribution in [0.5, 0.6) is 5.75 Å². The second-order valence-corrected chi connectivity index (χ2v) is 6.43. The molecule has 0 saturated heterocycles. The average Bonchev–Trinajstić information content (AvgIpc) is 2.57. The van der Waals surface area contributed by atoms with Crippen molar-refractivity contribution in [3.05, 3.63) is 40.2 Å². The molecule has 0 bridgehead atoms. The summed E-state index contributed by atoms with van der Waals surface area (Å²) < 4.78 is 10.8. The highest BCUT2D eigenvalue weighted by Crippen LogP contribution is 2.23. The quantitative estimate of drug-likeness (QED) is 0.733. The lowest BCUT2D eigenvalue weighted by atomic mass is 10.0. The molecule has 0 saturated carbocycles. The van der Waals surface area contributed by atoms with Crippen molar-refractivity contribution in [2.45, 2.75) is 46.3 Å². The van der Waals surface area contributed by atoms with E-state index >= 15 is 0 Å². The average molecular weight is 361 g/mol. The van der Waals surface area contributed by atoms with Crippen molar-refractivity contribution < 1.29 is 23.8 Å². The Balaban J connectivity index is 2.18. The molecule has 2 N–H and O–H groups in total. The number of carboxylic acids is 1. The van der Waals surface area contributed by atoms with Gasteiger partial charge in [0, 0.05) is 17.5 Å². The van der Waals surface area contributed by atoms with Crippen LogP contribution in [-0.2, 0) is 16.0 Å². The van der Waals surface area contributed by atoms with Gasteiger partial charge in [-0.25, -0.2) is 9.59 Å². The zero-order chi connectivity index (χ0) is 19.4. The Morgan fingerprint density at radius 2 is 1.92 bits per heavy atom. The van der Waals surface area contributed by atoms with Crippen molar-refractivity contribution in [3.63, 3.8) is 0 Å². The minimum Gasteiger partial charge on any atom is -0.481 e. The Hall–Kier alpha value is -2.83. The SMILES string of the molecule is CCc1cc(=O)oc2cc(O[C@@H](C)C(=O)N[C@H](C(=O)O)C(C)C)ccc12. The zero-order valence-electron chi connectivity index (χ0n) is 15.2. The highest BCUT2D eigenvalue weighted by atomic mass is 16.5. The summed E-state index contributed by atoms with van der Waals surface area (Å²) in [7, 11) is 0. The number of nitrogens with one attached hydrogen (secondary N) is 1. The van der Waals surface area contributed by atoms with Crippen LogP contribution in [0.4, 0.5) is 0 Å². The molecule has 0 aliphatic rings. The van der Waals surface area contributed by atoms with Crippen LogP contribution < -0.4 is 15.7 Å². The van der Waals surface area contributed by atoms with Gasteiger partial charge < -0.3 is 19.6 Å². The fourth-order valence-electron chi connectivity index (χ4n) is 2.62. The topological polar surface area (TPSA) is 106 Å². The van der Waals surface area contributed by atoms with E-state index in [1.807, 2.05) is 6.92 Å². The highest BCUT2D eigenvalue weighted by molar-refractivity contribution is 5.86. The first-order valence-electron chi connectivity index (χ1n) is 8.49. The zero-order valence-corrected chi connectivity index (χ0v) is 15.2. The number of fused-ring (bicyclic) bond motifs is 1. The number of aliphatic carboxylic acids is 1. The number of carbonyl (C=O) groups is 2. The standard InChI is InChI=1S/C19H23NO6/c1-5-12-8-16(21)26-15-9-13(6-7-14(12)15)25-11(4)18(22)20-17(10(2)3)19(23)24/h6-11,17H,5H2,1-4H3,(H,20,22)(H,23,24)/t11-,17-/m0/s1. The number of hydrogen-bond donors (Lipinski definition) is 2. The van der Waals surface area contributed by atoms with Crippen molar-refractivity contribution in [1.82, 2.24) is 5.32 Å².